The van der Waals surface area contributed by atoms with Crippen LogP contribution < -0.4 is 0 Å². The molecule has 160 valence electrons. The number of rotatable bonds is 11. The molecule has 0 N–H and O–H groups in total. The number of ether oxygens (including phenoxy) is 2. The van der Waals surface area contributed by atoms with E-state index in [1.54, 1.807) is 0 Å². The van der Waals surface area contributed by atoms with E-state index in [0.717, 1.165) is 45.4 Å². The third kappa shape index (κ3) is 8.71. The molecule has 4 nitrogen and oxygen atoms in total. The predicted molar refractivity (Wildman–Crippen MR) is 105 cm³/mol. The summed E-state index contributed by atoms with van der Waals surface area (Å²) in [5.41, 5.74) is 0. The molecule has 0 aromatic rings. The van der Waals surface area contributed by atoms with Gasteiger partial charge in [-0.3, -0.25) is 4.90 Å². The maximum atomic E-state index is 14.4. The second-order valence-electron chi connectivity index (χ2n) is 9.32. The Morgan fingerprint density at radius 1 is 0.963 bits per heavy atom. The number of likely N-dealkylation sites (N-methyl/N-ethyl adjacent to an activating group) is 1. The molecule has 2 unspecified atom stereocenters. The van der Waals surface area contributed by atoms with Gasteiger partial charge in [-0.1, -0.05) is 13.8 Å². The third-order valence-electron chi connectivity index (χ3n) is 5.64. The summed E-state index contributed by atoms with van der Waals surface area (Å²) in [6, 6.07) is 0. The van der Waals surface area contributed by atoms with Crippen molar-refractivity contribution in [3.63, 3.8) is 0 Å². The summed E-state index contributed by atoms with van der Waals surface area (Å²) >= 11 is 0. The molecule has 2 rings (SSSR count). The highest BCUT2D eigenvalue weighted by Crippen LogP contribution is 2.30. The van der Waals surface area contributed by atoms with E-state index in [-0.39, 0.29) is 31.1 Å². The van der Waals surface area contributed by atoms with Crippen molar-refractivity contribution in [1.29, 1.82) is 0 Å². The number of nitrogens with zero attached hydrogens (tertiary/aromatic N) is 2. The van der Waals surface area contributed by atoms with Crippen LogP contribution in [0.15, 0.2) is 0 Å². The lowest BCUT2D eigenvalue weighted by atomic mass is 9.90. The standard InChI is InChI=1S/C21H40F2N2O2/c1-16(2)27-20-11-19(12-20)26-14-18(4)10-17(3)13-21(22,23)15-25-8-6-24(5)7-9-25/h16-20H,6-15H2,1-5H3. The lowest BCUT2D eigenvalue weighted by Gasteiger charge is -2.37. The first-order valence-electron chi connectivity index (χ1n) is 10.7. The second-order valence-corrected chi connectivity index (χ2v) is 9.32. The fourth-order valence-corrected chi connectivity index (χ4v) is 4.20. The van der Waals surface area contributed by atoms with E-state index in [1.807, 2.05) is 18.9 Å². The smallest absolute Gasteiger partial charge is 0.260 e. The van der Waals surface area contributed by atoms with Gasteiger partial charge < -0.3 is 14.4 Å². The van der Waals surface area contributed by atoms with Crippen LogP contribution in [-0.2, 0) is 9.47 Å². The van der Waals surface area contributed by atoms with Crippen LogP contribution in [0, 0.1) is 11.8 Å². The van der Waals surface area contributed by atoms with Crippen molar-refractivity contribution in [2.75, 3.05) is 46.4 Å². The van der Waals surface area contributed by atoms with E-state index >= 15 is 0 Å². The summed E-state index contributed by atoms with van der Waals surface area (Å²) in [5, 5.41) is 0. The Hall–Kier alpha value is -0.300. The average molecular weight is 391 g/mol. The van der Waals surface area contributed by atoms with Gasteiger partial charge in [-0.15, -0.1) is 0 Å². The van der Waals surface area contributed by atoms with Gasteiger partial charge in [-0.2, -0.15) is 0 Å². The zero-order valence-corrected chi connectivity index (χ0v) is 17.9. The number of halogens is 2. The van der Waals surface area contributed by atoms with Gasteiger partial charge in [0.1, 0.15) is 0 Å². The fourth-order valence-electron chi connectivity index (χ4n) is 4.20. The molecule has 1 saturated carbocycles. The first-order valence-corrected chi connectivity index (χ1v) is 10.7. The summed E-state index contributed by atoms with van der Waals surface area (Å²) in [4.78, 5) is 4.10. The first kappa shape index (κ1) is 23.0. The minimum atomic E-state index is -2.61. The third-order valence-corrected chi connectivity index (χ3v) is 5.64. The molecular formula is C21H40F2N2O2. The molecule has 1 aliphatic carbocycles. The Bertz CT molecular complexity index is 422. The summed E-state index contributed by atoms with van der Waals surface area (Å²) < 4.78 is 40.5. The van der Waals surface area contributed by atoms with Crippen molar-refractivity contribution in [2.24, 2.45) is 11.8 Å². The predicted octanol–water partition coefficient (Wildman–Crippen LogP) is 3.89. The van der Waals surface area contributed by atoms with Gasteiger partial charge in [-0.25, -0.2) is 8.78 Å². The minimum Gasteiger partial charge on any atom is -0.378 e. The number of hydrogen-bond donors (Lipinski definition) is 0. The van der Waals surface area contributed by atoms with Gasteiger partial charge >= 0.3 is 0 Å². The Balaban J connectivity index is 1.59. The molecule has 2 atom stereocenters. The first-order chi connectivity index (χ1) is 12.6. The highest BCUT2D eigenvalue weighted by Gasteiger charge is 2.35. The molecule has 0 aromatic heterocycles. The number of alkyl halides is 2. The van der Waals surface area contributed by atoms with Crippen molar-refractivity contribution >= 4 is 0 Å². The van der Waals surface area contributed by atoms with Crippen LogP contribution in [0.5, 0.6) is 0 Å². The van der Waals surface area contributed by atoms with Crippen molar-refractivity contribution in [1.82, 2.24) is 9.80 Å². The SMILES string of the molecule is CC(COC1CC(OC(C)C)C1)CC(C)CC(F)(F)CN1CCN(C)CC1. The molecule has 1 saturated heterocycles. The zero-order valence-electron chi connectivity index (χ0n) is 17.9. The van der Waals surface area contributed by atoms with E-state index < -0.39 is 5.92 Å². The van der Waals surface area contributed by atoms with E-state index in [4.69, 9.17) is 9.47 Å². The molecule has 0 radical (unpaired) electrons. The maximum absolute atomic E-state index is 14.4. The molecule has 6 heteroatoms. The van der Waals surface area contributed by atoms with E-state index in [1.165, 1.54) is 0 Å². The lowest BCUT2D eigenvalue weighted by molar-refractivity contribution is -0.123. The normalized spacial score (nSPS) is 27.6. The Morgan fingerprint density at radius 3 is 2.19 bits per heavy atom. The fraction of sp³-hybridized carbons (Fsp3) is 1.00. The van der Waals surface area contributed by atoms with Crippen molar-refractivity contribution < 1.29 is 18.3 Å². The van der Waals surface area contributed by atoms with Crippen molar-refractivity contribution in [3.05, 3.63) is 0 Å². The van der Waals surface area contributed by atoms with Crippen molar-refractivity contribution in [3.8, 4) is 0 Å². The highest BCUT2D eigenvalue weighted by atomic mass is 19.3. The molecule has 1 aliphatic heterocycles. The molecule has 2 fully saturated rings. The van der Waals surface area contributed by atoms with Gasteiger partial charge in [0.05, 0.1) is 24.9 Å². The van der Waals surface area contributed by atoms with Crippen LogP contribution in [-0.4, -0.2) is 80.4 Å². The number of piperazine rings is 1. The summed E-state index contributed by atoms with van der Waals surface area (Å²) in [5.74, 6) is -2.29. The van der Waals surface area contributed by atoms with Crippen LogP contribution in [0.1, 0.15) is 53.4 Å². The van der Waals surface area contributed by atoms with Gasteiger partial charge in [-0.05, 0) is 52.0 Å². The topological polar surface area (TPSA) is 24.9 Å². The Morgan fingerprint density at radius 2 is 1.59 bits per heavy atom. The lowest BCUT2D eigenvalue weighted by Crippen LogP contribution is -2.48. The average Bonchev–Trinajstić information content (AvgIpc) is 2.50. The van der Waals surface area contributed by atoms with Crippen LogP contribution in [0.25, 0.3) is 0 Å². The minimum absolute atomic E-state index is 0.00415. The van der Waals surface area contributed by atoms with Crippen LogP contribution in [0.2, 0.25) is 0 Å². The zero-order chi connectivity index (χ0) is 20.0. The van der Waals surface area contributed by atoms with E-state index in [9.17, 15) is 8.78 Å². The summed E-state index contributed by atoms with van der Waals surface area (Å²) in [7, 11) is 2.04. The van der Waals surface area contributed by atoms with Gasteiger partial charge in [0.25, 0.3) is 5.92 Å². The summed E-state index contributed by atoms with van der Waals surface area (Å²) in [6.45, 7) is 12.0. The second kappa shape index (κ2) is 10.5. The quantitative estimate of drug-likeness (QED) is 0.534. The maximum Gasteiger partial charge on any atom is 0.260 e. The van der Waals surface area contributed by atoms with Crippen molar-refractivity contribution in [2.45, 2.75) is 77.6 Å². The molecule has 2 aliphatic rings. The largest absolute Gasteiger partial charge is 0.378 e. The Kier molecular flexibility index (Phi) is 8.91. The molecule has 0 bridgehead atoms. The molecule has 0 spiro atoms. The van der Waals surface area contributed by atoms with Gasteiger partial charge in [0.15, 0.2) is 0 Å². The molecule has 27 heavy (non-hydrogen) atoms. The van der Waals surface area contributed by atoms with Gasteiger partial charge in [0.2, 0.25) is 0 Å². The molecule has 1 heterocycles. The van der Waals surface area contributed by atoms with E-state index in [0.29, 0.717) is 18.6 Å². The Labute approximate surface area is 164 Å². The molecule has 0 aromatic carbocycles. The van der Waals surface area contributed by atoms with Crippen LogP contribution in [0.4, 0.5) is 8.78 Å². The monoisotopic (exact) mass is 390 g/mol. The van der Waals surface area contributed by atoms with Crippen LogP contribution >= 0.6 is 0 Å². The highest BCUT2D eigenvalue weighted by molar-refractivity contribution is 4.82. The van der Waals surface area contributed by atoms with Crippen LogP contribution in [0.3, 0.4) is 0 Å². The molecule has 0 amide bonds. The van der Waals surface area contributed by atoms with E-state index in [2.05, 4.69) is 25.7 Å². The number of hydrogen-bond acceptors (Lipinski definition) is 4. The van der Waals surface area contributed by atoms with Gasteiger partial charge in [0, 0.05) is 39.2 Å². The molecular weight excluding hydrogens is 350 g/mol. The summed E-state index contributed by atoms with van der Waals surface area (Å²) in [6.07, 6.45) is 3.56.